The molecule has 1 heterocycles. The first kappa shape index (κ1) is 17.7. The van der Waals surface area contributed by atoms with Crippen LogP contribution in [0.4, 0.5) is 0 Å². The smallest absolute Gasteiger partial charge is 0.307 e. The van der Waals surface area contributed by atoms with Gasteiger partial charge in [0.2, 0.25) is 0 Å². The number of pyridine rings is 1. The van der Waals surface area contributed by atoms with Crippen molar-refractivity contribution in [2.45, 2.75) is 26.2 Å². The monoisotopic (exact) mass is 326 g/mol. The second kappa shape index (κ2) is 9.45. The number of esters is 1. The van der Waals surface area contributed by atoms with Crippen molar-refractivity contribution in [3.05, 3.63) is 54.4 Å². The number of nitrogens with zero attached hydrogens (tertiary/aromatic N) is 1. The third kappa shape index (κ3) is 5.50. The maximum Gasteiger partial charge on any atom is 0.307 e. The Balaban J connectivity index is 1.79. The van der Waals surface area contributed by atoms with Gasteiger partial charge in [-0.25, -0.2) is 0 Å². The molecule has 2 rings (SSSR count). The Kier molecular flexibility index (Phi) is 6.95. The molecule has 0 saturated heterocycles. The minimum atomic E-state index is -0.282. The van der Waals surface area contributed by atoms with Crippen LogP contribution in [0, 0.1) is 0 Å². The van der Waals surface area contributed by atoms with Crippen LogP contribution >= 0.6 is 0 Å². The van der Waals surface area contributed by atoms with Crippen molar-refractivity contribution < 1.29 is 14.3 Å². The zero-order chi connectivity index (χ0) is 17.2. The summed E-state index contributed by atoms with van der Waals surface area (Å²) in [5.74, 6) is -0.482. The highest BCUT2D eigenvalue weighted by Gasteiger charge is 2.08. The lowest BCUT2D eigenvalue weighted by Gasteiger charge is -2.07. The lowest BCUT2D eigenvalue weighted by molar-refractivity contribution is -0.143. The van der Waals surface area contributed by atoms with Gasteiger partial charge >= 0.3 is 5.97 Å². The van der Waals surface area contributed by atoms with Crippen LogP contribution in [0.2, 0.25) is 0 Å². The predicted octanol–water partition coefficient (Wildman–Crippen LogP) is 3.21. The molecular weight excluding hydrogens is 304 g/mol. The Morgan fingerprint density at radius 3 is 2.58 bits per heavy atom. The number of carbonyl (C=O) groups is 2. The van der Waals surface area contributed by atoms with E-state index in [4.69, 9.17) is 4.74 Å². The molecule has 0 fully saturated rings. The van der Waals surface area contributed by atoms with Gasteiger partial charge in [0.05, 0.1) is 13.0 Å². The number of amides is 1. The fourth-order valence-electron chi connectivity index (χ4n) is 2.13. The van der Waals surface area contributed by atoms with E-state index in [1.54, 1.807) is 24.5 Å². The largest absolute Gasteiger partial charge is 0.466 e. The number of carbonyl (C=O) groups excluding carboxylic acids is 2. The maximum absolute atomic E-state index is 12.1. The Bertz CT molecular complexity index is 654. The van der Waals surface area contributed by atoms with E-state index in [1.165, 1.54) is 0 Å². The van der Waals surface area contributed by atoms with Gasteiger partial charge in [-0.1, -0.05) is 31.5 Å². The molecule has 1 N–H and O–H groups in total. The molecule has 2 aromatic rings. The number of nitrogens with one attached hydrogen (secondary N) is 1. The minimum absolute atomic E-state index is 0.184. The number of unbranched alkanes of at least 4 members (excludes halogenated alkanes) is 1. The summed E-state index contributed by atoms with van der Waals surface area (Å²) in [5, 5.41) is 2.73. The van der Waals surface area contributed by atoms with Crippen molar-refractivity contribution >= 4 is 11.9 Å². The minimum Gasteiger partial charge on any atom is -0.466 e. The summed E-state index contributed by atoms with van der Waals surface area (Å²) >= 11 is 0. The highest BCUT2D eigenvalue weighted by Crippen LogP contribution is 2.18. The molecule has 0 bridgehead atoms. The molecule has 0 saturated carbocycles. The highest BCUT2D eigenvalue weighted by atomic mass is 16.5. The van der Waals surface area contributed by atoms with Gasteiger partial charge in [0.25, 0.3) is 5.91 Å². The van der Waals surface area contributed by atoms with Crippen molar-refractivity contribution in [1.29, 1.82) is 0 Å². The maximum atomic E-state index is 12.1. The highest BCUT2D eigenvalue weighted by molar-refractivity contribution is 5.94. The summed E-state index contributed by atoms with van der Waals surface area (Å²) in [6.45, 7) is 2.75. The first-order valence-corrected chi connectivity index (χ1v) is 8.15. The van der Waals surface area contributed by atoms with Crippen LogP contribution in [-0.4, -0.2) is 30.0 Å². The van der Waals surface area contributed by atoms with E-state index < -0.39 is 0 Å². The molecule has 0 radical (unpaired) electrons. The van der Waals surface area contributed by atoms with Crippen molar-refractivity contribution in [1.82, 2.24) is 10.3 Å². The fourth-order valence-corrected chi connectivity index (χ4v) is 2.13. The average Bonchev–Trinajstić information content (AvgIpc) is 2.63. The molecule has 24 heavy (non-hydrogen) atoms. The number of benzene rings is 1. The molecular formula is C19H22N2O3. The van der Waals surface area contributed by atoms with E-state index in [0.29, 0.717) is 12.2 Å². The summed E-state index contributed by atoms with van der Waals surface area (Å²) in [6, 6.07) is 11.1. The fraction of sp³-hybridized carbons (Fsp3) is 0.316. The molecule has 1 aromatic carbocycles. The number of rotatable bonds is 8. The molecule has 1 aromatic heterocycles. The Morgan fingerprint density at radius 1 is 1.12 bits per heavy atom. The zero-order valence-corrected chi connectivity index (χ0v) is 13.8. The van der Waals surface area contributed by atoms with E-state index in [-0.39, 0.29) is 24.8 Å². The molecule has 0 atom stereocenters. The topological polar surface area (TPSA) is 68.3 Å². The summed E-state index contributed by atoms with van der Waals surface area (Å²) in [4.78, 5) is 27.6. The summed E-state index contributed by atoms with van der Waals surface area (Å²) in [6.07, 6.45) is 5.53. The van der Waals surface area contributed by atoms with Crippen LogP contribution in [0.5, 0.6) is 0 Å². The van der Waals surface area contributed by atoms with Crippen molar-refractivity contribution in [2.75, 3.05) is 13.2 Å². The van der Waals surface area contributed by atoms with Gasteiger partial charge in [0, 0.05) is 24.5 Å². The van der Waals surface area contributed by atoms with Crippen LogP contribution < -0.4 is 5.32 Å². The molecule has 1 amide bonds. The van der Waals surface area contributed by atoms with Gasteiger partial charge in [-0.3, -0.25) is 14.6 Å². The van der Waals surface area contributed by atoms with E-state index in [2.05, 4.69) is 10.3 Å². The number of hydrogen-bond acceptors (Lipinski definition) is 4. The van der Waals surface area contributed by atoms with Crippen molar-refractivity contribution in [2.24, 2.45) is 0 Å². The second-order valence-electron chi connectivity index (χ2n) is 5.40. The summed E-state index contributed by atoms with van der Waals surface area (Å²) in [5.41, 5.74) is 2.56. The zero-order valence-electron chi connectivity index (χ0n) is 13.8. The van der Waals surface area contributed by atoms with E-state index in [9.17, 15) is 9.59 Å². The summed E-state index contributed by atoms with van der Waals surface area (Å²) in [7, 11) is 0. The van der Waals surface area contributed by atoms with Gasteiger partial charge in [-0.2, -0.15) is 0 Å². The molecule has 0 aliphatic heterocycles. The van der Waals surface area contributed by atoms with Gasteiger partial charge in [-0.05, 0) is 35.7 Å². The van der Waals surface area contributed by atoms with E-state index >= 15 is 0 Å². The van der Waals surface area contributed by atoms with E-state index in [1.807, 2.05) is 31.2 Å². The third-order valence-electron chi connectivity index (χ3n) is 3.52. The summed E-state index contributed by atoms with van der Waals surface area (Å²) < 4.78 is 5.04. The van der Waals surface area contributed by atoms with Crippen LogP contribution in [0.15, 0.2) is 48.8 Å². The first-order chi connectivity index (χ1) is 11.7. The van der Waals surface area contributed by atoms with Crippen LogP contribution in [0.1, 0.15) is 36.5 Å². The SMILES string of the molecule is CCCCOC(=O)CCNC(=O)c1ccc(-c2cccnc2)cc1. The van der Waals surface area contributed by atoms with Gasteiger partial charge < -0.3 is 10.1 Å². The lowest BCUT2D eigenvalue weighted by atomic mass is 10.1. The Labute approximate surface area is 142 Å². The molecule has 5 heteroatoms. The second-order valence-corrected chi connectivity index (χ2v) is 5.40. The van der Waals surface area contributed by atoms with Crippen molar-refractivity contribution in [3.8, 4) is 11.1 Å². The standard InChI is InChI=1S/C19H22N2O3/c1-2-3-13-24-18(22)10-12-21-19(23)16-8-6-15(7-9-16)17-5-4-11-20-14-17/h4-9,11,14H,2-3,10,12-13H2,1H3,(H,21,23). The van der Waals surface area contributed by atoms with Gasteiger partial charge in [0.1, 0.15) is 0 Å². The van der Waals surface area contributed by atoms with Crippen molar-refractivity contribution in [3.63, 3.8) is 0 Å². The molecule has 0 spiro atoms. The molecule has 0 aliphatic rings. The van der Waals surface area contributed by atoms with E-state index in [0.717, 1.165) is 24.0 Å². The van der Waals surface area contributed by atoms with Crippen LogP contribution in [0.25, 0.3) is 11.1 Å². The molecule has 0 aliphatic carbocycles. The average molecular weight is 326 g/mol. The predicted molar refractivity (Wildman–Crippen MR) is 92.5 cm³/mol. The van der Waals surface area contributed by atoms with Gasteiger partial charge in [0.15, 0.2) is 0 Å². The van der Waals surface area contributed by atoms with Crippen LogP contribution in [0.3, 0.4) is 0 Å². The lowest BCUT2D eigenvalue weighted by Crippen LogP contribution is -2.26. The number of hydrogen-bond donors (Lipinski definition) is 1. The molecule has 5 nitrogen and oxygen atoms in total. The first-order valence-electron chi connectivity index (χ1n) is 8.15. The van der Waals surface area contributed by atoms with Crippen LogP contribution in [-0.2, 0) is 9.53 Å². The number of ether oxygens (including phenoxy) is 1. The molecule has 0 unspecified atom stereocenters. The quantitative estimate of drug-likeness (QED) is 0.597. The Morgan fingerprint density at radius 2 is 1.92 bits per heavy atom. The Hall–Kier alpha value is -2.69. The number of aromatic nitrogens is 1. The normalized spacial score (nSPS) is 10.2. The molecule has 126 valence electrons. The third-order valence-corrected chi connectivity index (χ3v) is 3.52. The van der Waals surface area contributed by atoms with Gasteiger partial charge in [-0.15, -0.1) is 0 Å².